The van der Waals surface area contributed by atoms with Crippen molar-refractivity contribution in [3.05, 3.63) is 35.1 Å². The summed E-state index contributed by atoms with van der Waals surface area (Å²) in [5.41, 5.74) is 1.78. The molecule has 5 nitrogen and oxygen atoms in total. The monoisotopic (exact) mass is 320 g/mol. The largest absolute Gasteiger partial charge is 0.343 e. The van der Waals surface area contributed by atoms with Crippen LogP contribution in [0.3, 0.4) is 0 Å². The first-order valence-electron chi connectivity index (χ1n) is 8.24. The number of carbonyl (C=O) groups is 1. The molecule has 0 saturated carbocycles. The minimum Gasteiger partial charge on any atom is -0.343 e. The van der Waals surface area contributed by atoms with Gasteiger partial charge in [0.25, 0.3) is 0 Å². The van der Waals surface area contributed by atoms with Crippen LogP contribution in [0.5, 0.6) is 0 Å². The second-order valence-electron chi connectivity index (χ2n) is 6.40. The predicted octanol–water partition coefficient (Wildman–Crippen LogP) is 1.02. The summed E-state index contributed by atoms with van der Waals surface area (Å²) in [7, 11) is 0. The van der Waals surface area contributed by atoms with E-state index in [2.05, 4.69) is 5.32 Å². The summed E-state index contributed by atoms with van der Waals surface area (Å²) >= 11 is 0. The first-order chi connectivity index (χ1) is 11.2. The highest BCUT2D eigenvalue weighted by Crippen LogP contribution is 2.49. The molecule has 1 aromatic carbocycles. The van der Waals surface area contributed by atoms with Crippen molar-refractivity contribution in [2.24, 2.45) is 5.92 Å². The Bertz CT molecular complexity index is 610. The molecule has 23 heavy (non-hydrogen) atoms. The lowest BCUT2D eigenvalue weighted by molar-refractivity contribution is -0.200. The molecule has 1 aromatic rings. The first kappa shape index (κ1) is 15.1. The normalized spacial score (nSPS) is 25.8. The number of amides is 1. The zero-order chi connectivity index (χ0) is 15.9. The molecule has 1 unspecified atom stereocenters. The smallest absolute Gasteiger partial charge is 0.223 e. The van der Waals surface area contributed by atoms with Crippen molar-refractivity contribution < 1.29 is 18.7 Å². The summed E-state index contributed by atoms with van der Waals surface area (Å²) in [6.07, 6.45) is 0.987. The van der Waals surface area contributed by atoms with Gasteiger partial charge in [0.05, 0.1) is 13.2 Å². The van der Waals surface area contributed by atoms with Crippen LogP contribution in [0.25, 0.3) is 0 Å². The zero-order valence-corrected chi connectivity index (χ0v) is 13.0. The number of hydrogen-bond donors (Lipinski definition) is 1. The van der Waals surface area contributed by atoms with Crippen LogP contribution in [-0.2, 0) is 26.5 Å². The molecule has 2 fully saturated rings. The van der Waals surface area contributed by atoms with E-state index in [4.69, 9.17) is 9.47 Å². The van der Waals surface area contributed by atoms with Crippen LogP contribution in [0.2, 0.25) is 0 Å². The molecular weight excluding hydrogens is 299 g/mol. The molecule has 2 heterocycles. The highest BCUT2D eigenvalue weighted by molar-refractivity contribution is 5.77. The van der Waals surface area contributed by atoms with Gasteiger partial charge >= 0.3 is 0 Å². The van der Waals surface area contributed by atoms with Gasteiger partial charge in [-0.2, -0.15) is 0 Å². The lowest BCUT2D eigenvalue weighted by Gasteiger charge is -2.33. The molecule has 4 rings (SSSR count). The summed E-state index contributed by atoms with van der Waals surface area (Å²) < 4.78 is 25.4. The highest BCUT2D eigenvalue weighted by Gasteiger charge is 2.52. The third-order valence-corrected chi connectivity index (χ3v) is 5.05. The fourth-order valence-electron chi connectivity index (χ4n) is 3.97. The van der Waals surface area contributed by atoms with Crippen molar-refractivity contribution in [3.8, 4) is 0 Å². The number of halogens is 1. The lowest BCUT2D eigenvalue weighted by atomic mass is 9.94. The molecule has 1 spiro atoms. The molecule has 0 bridgehead atoms. The van der Waals surface area contributed by atoms with Crippen LogP contribution in [-0.4, -0.2) is 50.2 Å². The van der Waals surface area contributed by atoms with Gasteiger partial charge in [0.1, 0.15) is 5.82 Å². The number of hydrogen-bond acceptors (Lipinski definition) is 4. The van der Waals surface area contributed by atoms with Gasteiger partial charge in [0, 0.05) is 44.1 Å². The number of nitrogens with one attached hydrogen (secondary N) is 1. The molecule has 1 amide bonds. The molecule has 1 atom stereocenters. The first-order valence-corrected chi connectivity index (χ1v) is 8.24. The summed E-state index contributed by atoms with van der Waals surface area (Å²) in [6.45, 7) is 4.16. The number of fused-ring (bicyclic) bond motifs is 2. The van der Waals surface area contributed by atoms with E-state index in [-0.39, 0.29) is 17.6 Å². The molecule has 2 saturated heterocycles. The summed E-state index contributed by atoms with van der Waals surface area (Å²) in [4.78, 5) is 14.5. The Hall–Kier alpha value is -1.50. The Morgan fingerprint density at radius 1 is 1.30 bits per heavy atom. The van der Waals surface area contributed by atoms with Crippen molar-refractivity contribution in [2.75, 3.05) is 39.4 Å². The van der Waals surface area contributed by atoms with E-state index in [9.17, 15) is 9.18 Å². The molecule has 0 radical (unpaired) electrons. The van der Waals surface area contributed by atoms with Gasteiger partial charge in [-0.05, 0) is 24.1 Å². The van der Waals surface area contributed by atoms with Gasteiger partial charge in [-0.25, -0.2) is 4.39 Å². The number of rotatable bonds is 2. The van der Waals surface area contributed by atoms with E-state index in [0.29, 0.717) is 26.1 Å². The Kier molecular flexibility index (Phi) is 3.83. The van der Waals surface area contributed by atoms with Crippen LogP contribution in [0.1, 0.15) is 17.5 Å². The van der Waals surface area contributed by atoms with Crippen molar-refractivity contribution in [1.82, 2.24) is 10.2 Å². The van der Waals surface area contributed by atoms with Crippen molar-refractivity contribution in [2.45, 2.75) is 18.6 Å². The Morgan fingerprint density at radius 2 is 2.04 bits per heavy atom. The van der Waals surface area contributed by atoms with E-state index >= 15 is 0 Å². The summed E-state index contributed by atoms with van der Waals surface area (Å²) in [6, 6.07) is 4.72. The van der Waals surface area contributed by atoms with Gasteiger partial charge in [-0.1, -0.05) is 6.07 Å². The molecule has 1 N–H and O–H groups in total. The van der Waals surface area contributed by atoms with Gasteiger partial charge in [-0.3, -0.25) is 4.79 Å². The molecule has 124 valence electrons. The quantitative estimate of drug-likeness (QED) is 0.884. The number of nitrogens with zero attached hydrogens (tertiary/aromatic N) is 1. The second-order valence-corrected chi connectivity index (χ2v) is 6.40. The van der Waals surface area contributed by atoms with Crippen LogP contribution in [0.4, 0.5) is 4.39 Å². The van der Waals surface area contributed by atoms with E-state index in [1.54, 1.807) is 6.07 Å². The second kappa shape index (κ2) is 5.85. The van der Waals surface area contributed by atoms with Crippen molar-refractivity contribution in [3.63, 3.8) is 0 Å². The van der Waals surface area contributed by atoms with Crippen LogP contribution in [0.15, 0.2) is 18.2 Å². The van der Waals surface area contributed by atoms with E-state index in [1.807, 2.05) is 4.90 Å². The molecule has 6 heteroatoms. The van der Waals surface area contributed by atoms with Crippen LogP contribution in [0, 0.1) is 11.7 Å². The van der Waals surface area contributed by atoms with Crippen LogP contribution < -0.4 is 5.32 Å². The Morgan fingerprint density at radius 3 is 2.78 bits per heavy atom. The fraction of sp³-hybridized carbons (Fsp3) is 0.588. The summed E-state index contributed by atoms with van der Waals surface area (Å²) in [5, 5.41) is 3.25. The van der Waals surface area contributed by atoms with Crippen molar-refractivity contribution >= 4 is 5.91 Å². The number of piperazine rings is 1. The SMILES string of the molecule is O=C(CC1Cc2cc(F)ccc2C12OCCO2)N1CCNCC1. The average Bonchev–Trinajstić information content (AvgIpc) is 3.15. The molecule has 1 aliphatic carbocycles. The number of ether oxygens (including phenoxy) is 2. The third kappa shape index (κ3) is 2.55. The minimum atomic E-state index is -0.868. The Labute approximate surface area is 134 Å². The van der Waals surface area contributed by atoms with E-state index in [1.165, 1.54) is 12.1 Å². The molecule has 0 aromatic heterocycles. The molecule has 3 aliphatic rings. The van der Waals surface area contributed by atoms with Gasteiger partial charge < -0.3 is 19.7 Å². The van der Waals surface area contributed by atoms with E-state index < -0.39 is 5.79 Å². The van der Waals surface area contributed by atoms with Crippen molar-refractivity contribution in [1.29, 1.82) is 0 Å². The van der Waals surface area contributed by atoms with Crippen LogP contribution >= 0.6 is 0 Å². The minimum absolute atomic E-state index is 0.0933. The maximum Gasteiger partial charge on any atom is 0.223 e. The maximum absolute atomic E-state index is 13.6. The zero-order valence-electron chi connectivity index (χ0n) is 13.0. The molecule has 2 aliphatic heterocycles. The third-order valence-electron chi connectivity index (χ3n) is 5.05. The van der Waals surface area contributed by atoms with Gasteiger partial charge in [-0.15, -0.1) is 0 Å². The average molecular weight is 320 g/mol. The topological polar surface area (TPSA) is 50.8 Å². The van der Waals surface area contributed by atoms with Gasteiger partial charge in [0.15, 0.2) is 5.79 Å². The number of carbonyl (C=O) groups excluding carboxylic acids is 1. The highest BCUT2D eigenvalue weighted by atomic mass is 19.1. The lowest BCUT2D eigenvalue weighted by Crippen LogP contribution is -2.47. The Balaban J connectivity index is 1.57. The number of benzene rings is 1. The van der Waals surface area contributed by atoms with E-state index in [0.717, 1.165) is 37.3 Å². The predicted molar refractivity (Wildman–Crippen MR) is 81.2 cm³/mol. The molecular formula is C17H21FN2O3. The standard InChI is InChI=1S/C17H21FN2O3/c18-14-1-2-15-12(10-14)9-13(17(15)22-7-8-23-17)11-16(21)20-5-3-19-4-6-20/h1-2,10,13,19H,3-9,11H2. The maximum atomic E-state index is 13.6. The summed E-state index contributed by atoms with van der Waals surface area (Å²) in [5.74, 6) is -1.09. The fourth-order valence-corrected chi connectivity index (χ4v) is 3.97. The van der Waals surface area contributed by atoms with Gasteiger partial charge in [0.2, 0.25) is 5.91 Å².